The van der Waals surface area contributed by atoms with Crippen molar-refractivity contribution < 1.29 is 19.4 Å². The largest absolute Gasteiger partial charge is 0.481 e. The highest BCUT2D eigenvalue weighted by molar-refractivity contribution is 5.69. The molecule has 0 aliphatic heterocycles. The smallest absolute Gasteiger partial charge is 0.306 e. The molecular formula is C48H88O4. The topological polar surface area (TPSA) is 63.6 Å². The number of carboxylic acids is 1. The van der Waals surface area contributed by atoms with E-state index in [1.54, 1.807) is 0 Å². The van der Waals surface area contributed by atoms with Gasteiger partial charge in [0, 0.05) is 12.8 Å². The summed E-state index contributed by atoms with van der Waals surface area (Å²) in [6.45, 7) is 4.55. The first-order chi connectivity index (χ1) is 25.6. The maximum Gasteiger partial charge on any atom is 0.306 e. The molecule has 0 spiro atoms. The minimum absolute atomic E-state index is 0.0120. The summed E-state index contributed by atoms with van der Waals surface area (Å²) in [6, 6.07) is 0. The number of aliphatic carboxylic acids is 1. The summed E-state index contributed by atoms with van der Waals surface area (Å²) >= 11 is 0. The van der Waals surface area contributed by atoms with Gasteiger partial charge in [-0.15, -0.1) is 0 Å². The van der Waals surface area contributed by atoms with Crippen LogP contribution in [0.15, 0.2) is 36.5 Å². The number of carboxylic acid groups (broad SMARTS) is 1. The van der Waals surface area contributed by atoms with Gasteiger partial charge in [-0.05, 0) is 89.9 Å². The van der Waals surface area contributed by atoms with E-state index in [9.17, 15) is 9.59 Å². The van der Waals surface area contributed by atoms with Gasteiger partial charge in [-0.2, -0.15) is 0 Å². The summed E-state index contributed by atoms with van der Waals surface area (Å²) in [5, 5.41) is 8.84. The third kappa shape index (κ3) is 42.6. The van der Waals surface area contributed by atoms with Crippen LogP contribution in [0.2, 0.25) is 0 Å². The Labute approximate surface area is 324 Å². The molecule has 0 amide bonds. The summed E-state index contributed by atoms with van der Waals surface area (Å²) in [5.74, 6) is -0.725. The molecule has 304 valence electrons. The molecule has 0 saturated carbocycles. The Hall–Kier alpha value is -1.84. The Morgan fingerprint density at radius 2 is 0.769 bits per heavy atom. The van der Waals surface area contributed by atoms with E-state index in [1.807, 2.05) is 0 Å². The average molecular weight is 729 g/mol. The number of hydrogen-bond acceptors (Lipinski definition) is 3. The van der Waals surface area contributed by atoms with Gasteiger partial charge in [0.15, 0.2) is 0 Å². The Morgan fingerprint density at radius 1 is 0.423 bits per heavy atom. The maximum absolute atomic E-state index is 12.7. The summed E-state index contributed by atoms with van der Waals surface area (Å²) in [5.41, 5.74) is 0. The first kappa shape index (κ1) is 50.2. The first-order valence-corrected chi connectivity index (χ1v) is 23.0. The third-order valence-electron chi connectivity index (χ3n) is 10.3. The second kappa shape index (κ2) is 43.6. The second-order valence-corrected chi connectivity index (χ2v) is 15.6. The lowest BCUT2D eigenvalue weighted by molar-refractivity contribution is -0.150. The minimum atomic E-state index is -0.705. The summed E-state index contributed by atoms with van der Waals surface area (Å²) in [6.07, 6.45) is 57.5. The highest BCUT2D eigenvalue weighted by Crippen LogP contribution is 2.18. The summed E-state index contributed by atoms with van der Waals surface area (Å²) < 4.78 is 6.00. The molecule has 0 aliphatic carbocycles. The zero-order valence-electron chi connectivity index (χ0n) is 34.9. The quantitative estimate of drug-likeness (QED) is 0.0386. The molecule has 1 N–H and O–H groups in total. The molecule has 0 saturated heterocycles. The minimum Gasteiger partial charge on any atom is -0.481 e. The fourth-order valence-electron chi connectivity index (χ4n) is 6.92. The Bertz CT molecular complexity index is 828. The molecule has 52 heavy (non-hydrogen) atoms. The summed E-state index contributed by atoms with van der Waals surface area (Å²) in [4.78, 5) is 23.5. The predicted octanol–water partition coefficient (Wildman–Crippen LogP) is 16.1. The van der Waals surface area contributed by atoms with Crippen molar-refractivity contribution in [2.75, 3.05) is 0 Å². The normalized spacial score (nSPS) is 12.5. The van der Waals surface area contributed by atoms with Crippen molar-refractivity contribution in [2.24, 2.45) is 0 Å². The summed E-state index contributed by atoms with van der Waals surface area (Å²) in [7, 11) is 0. The van der Waals surface area contributed by atoms with Gasteiger partial charge in [-0.25, -0.2) is 0 Å². The van der Waals surface area contributed by atoms with Crippen molar-refractivity contribution in [1.29, 1.82) is 0 Å². The van der Waals surface area contributed by atoms with E-state index in [0.29, 0.717) is 6.42 Å². The molecule has 0 fully saturated rings. The Balaban J connectivity index is 3.98. The molecule has 0 aliphatic rings. The molecular weight excluding hydrogens is 641 g/mol. The molecule has 0 heterocycles. The highest BCUT2D eigenvalue weighted by atomic mass is 16.5. The number of ether oxygens (including phenoxy) is 1. The zero-order chi connectivity index (χ0) is 37.8. The third-order valence-corrected chi connectivity index (χ3v) is 10.3. The molecule has 0 aromatic carbocycles. The van der Waals surface area contributed by atoms with Crippen LogP contribution >= 0.6 is 0 Å². The predicted molar refractivity (Wildman–Crippen MR) is 227 cm³/mol. The lowest BCUT2D eigenvalue weighted by Gasteiger charge is -2.18. The number of rotatable bonds is 42. The Kier molecular flexibility index (Phi) is 42.0. The van der Waals surface area contributed by atoms with E-state index in [0.717, 1.165) is 77.0 Å². The van der Waals surface area contributed by atoms with Crippen molar-refractivity contribution in [3.05, 3.63) is 36.5 Å². The van der Waals surface area contributed by atoms with Gasteiger partial charge in [-0.1, -0.05) is 185 Å². The van der Waals surface area contributed by atoms with Crippen LogP contribution in [0.5, 0.6) is 0 Å². The average Bonchev–Trinajstić information content (AvgIpc) is 3.13. The van der Waals surface area contributed by atoms with E-state index >= 15 is 0 Å². The molecule has 0 aromatic heterocycles. The van der Waals surface area contributed by atoms with E-state index in [1.165, 1.54) is 148 Å². The van der Waals surface area contributed by atoms with Crippen LogP contribution < -0.4 is 0 Å². The fourth-order valence-corrected chi connectivity index (χ4v) is 6.92. The van der Waals surface area contributed by atoms with Crippen LogP contribution in [0.3, 0.4) is 0 Å². The molecule has 1 atom stereocenters. The van der Waals surface area contributed by atoms with Gasteiger partial charge in [-0.3, -0.25) is 9.59 Å². The van der Waals surface area contributed by atoms with Crippen molar-refractivity contribution in [1.82, 2.24) is 0 Å². The number of esters is 1. The van der Waals surface area contributed by atoms with Gasteiger partial charge >= 0.3 is 11.9 Å². The standard InChI is InChI=1S/C48H88O4/c1-3-5-7-9-11-13-15-17-18-19-20-21-22-23-24-26-28-30-32-37-41-45-48(51)52-46(43-39-35-33-36-40-44-47(49)50)42-38-34-31-29-27-25-16-14-12-10-8-6-4-2/h16,19-20,25,29,31,46H,3-15,17-18,21-24,26-28,30,32-45H2,1-2H3,(H,49,50)/b20-19-,25-16-,31-29-. The van der Waals surface area contributed by atoms with Crippen LogP contribution in [0.25, 0.3) is 0 Å². The van der Waals surface area contributed by atoms with Crippen LogP contribution in [0, 0.1) is 0 Å². The van der Waals surface area contributed by atoms with Crippen molar-refractivity contribution in [3.8, 4) is 0 Å². The number of carbonyl (C=O) groups excluding carboxylic acids is 1. The van der Waals surface area contributed by atoms with Crippen LogP contribution in [-0.2, 0) is 14.3 Å². The van der Waals surface area contributed by atoms with Crippen molar-refractivity contribution in [3.63, 3.8) is 0 Å². The molecule has 4 heteroatoms. The molecule has 1 unspecified atom stereocenters. The van der Waals surface area contributed by atoms with E-state index < -0.39 is 5.97 Å². The monoisotopic (exact) mass is 729 g/mol. The van der Waals surface area contributed by atoms with Crippen LogP contribution in [0.4, 0.5) is 0 Å². The van der Waals surface area contributed by atoms with Gasteiger partial charge in [0.2, 0.25) is 0 Å². The molecule has 0 bridgehead atoms. The molecule has 0 radical (unpaired) electrons. The number of unbranched alkanes of at least 4 members (excludes halogenated alkanes) is 27. The van der Waals surface area contributed by atoms with E-state index in [-0.39, 0.29) is 18.5 Å². The second-order valence-electron chi connectivity index (χ2n) is 15.6. The maximum atomic E-state index is 12.7. The Morgan fingerprint density at radius 3 is 1.23 bits per heavy atom. The highest BCUT2D eigenvalue weighted by Gasteiger charge is 2.14. The van der Waals surface area contributed by atoms with Gasteiger partial charge in [0.05, 0.1) is 0 Å². The van der Waals surface area contributed by atoms with E-state index in [2.05, 4.69) is 50.3 Å². The van der Waals surface area contributed by atoms with Crippen molar-refractivity contribution in [2.45, 2.75) is 258 Å². The lowest BCUT2D eigenvalue weighted by Crippen LogP contribution is -2.18. The van der Waals surface area contributed by atoms with Gasteiger partial charge in [0.1, 0.15) is 6.10 Å². The number of carbonyl (C=O) groups is 2. The van der Waals surface area contributed by atoms with Crippen LogP contribution in [0.1, 0.15) is 251 Å². The van der Waals surface area contributed by atoms with Gasteiger partial charge < -0.3 is 9.84 Å². The molecule has 0 aromatic rings. The number of hydrogen-bond donors (Lipinski definition) is 1. The first-order valence-electron chi connectivity index (χ1n) is 23.0. The molecule has 4 nitrogen and oxygen atoms in total. The molecule has 0 rings (SSSR count). The van der Waals surface area contributed by atoms with E-state index in [4.69, 9.17) is 9.84 Å². The fraction of sp³-hybridized carbons (Fsp3) is 0.833. The van der Waals surface area contributed by atoms with Crippen molar-refractivity contribution >= 4 is 11.9 Å². The van der Waals surface area contributed by atoms with Crippen LogP contribution in [-0.4, -0.2) is 23.1 Å². The van der Waals surface area contributed by atoms with Gasteiger partial charge in [0.25, 0.3) is 0 Å². The zero-order valence-corrected chi connectivity index (χ0v) is 34.9. The lowest BCUT2D eigenvalue weighted by atomic mass is 10.0. The SMILES string of the molecule is CCCCCCC/C=C\C/C=C\CCCC(CCCCCCCC(=O)O)OC(=O)CCCCCCCCCCC/C=C\CCCCCCCCCC. The number of allylic oxidation sites excluding steroid dienone is 6.